The van der Waals surface area contributed by atoms with Crippen molar-refractivity contribution in [3.63, 3.8) is 0 Å². The van der Waals surface area contributed by atoms with Crippen LogP contribution in [0.1, 0.15) is 17.5 Å². The molecule has 0 aromatic carbocycles. The molecule has 3 N–H and O–H groups in total. The van der Waals surface area contributed by atoms with Gasteiger partial charge in [-0.2, -0.15) is 18.2 Å². The Kier molecular flexibility index (Phi) is 3.23. The minimum absolute atomic E-state index is 0.0606. The predicted molar refractivity (Wildman–Crippen MR) is 57.8 cm³/mol. The number of aryl methyl sites for hydroxylation is 1. The second-order valence-corrected chi connectivity index (χ2v) is 3.58. The van der Waals surface area contributed by atoms with Gasteiger partial charge in [-0.3, -0.25) is 0 Å². The monoisotopic (exact) mass is 274 g/mol. The maximum atomic E-state index is 12.5. The first kappa shape index (κ1) is 13.1. The average molecular weight is 274 g/mol. The lowest BCUT2D eigenvalue weighted by Gasteiger charge is -2.08. The standard InChI is InChI=1S/C9H9F3N6O/c1-4-15-7(18-19-4)3-14-6-2-5(13)16-8(17-6)9(10,11)12/h2H,3H2,1H3,(H3,13,14,16,17). The van der Waals surface area contributed by atoms with Crippen LogP contribution in [-0.2, 0) is 12.7 Å². The first-order valence-corrected chi connectivity index (χ1v) is 5.09. The molecule has 0 saturated carbocycles. The van der Waals surface area contributed by atoms with Crippen molar-refractivity contribution in [1.29, 1.82) is 0 Å². The van der Waals surface area contributed by atoms with Gasteiger partial charge < -0.3 is 15.6 Å². The Bertz CT molecular complexity index is 582. The zero-order valence-electron chi connectivity index (χ0n) is 9.69. The molecule has 102 valence electrons. The van der Waals surface area contributed by atoms with Crippen LogP contribution in [0.15, 0.2) is 10.6 Å². The number of hydrogen-bond donors (Lipinski definition) is 2. The van der Waals surface area contributed by atoms with Crippen LogP contribution in [0.4, 0.5) is 24.8 Å². The molecule has 2 aromatic rings. The highest BCUT2D eigenvalue weighted by molar-refractivity contribution is 5.44. The van der Waals surface area contributed by atoms with E-state index in [1.54, 1.807) is 6.92 Å². The number of aromatic nitrogens is 4. The highest BCUT2D eigenvalue weighted by atomic mass is 19.4. The highest BCUT2D eigenvalue weighted by Gasteiger charge is 2.35. The molecule has 0 aliphatic carbocycles. The van der Waals surface area contributed by atoms with Gasteiger partial charge in [-0.05, 0) is 0 Å². The van der Waals surface area contributed by atoms with E-state index in [1.807, 2.05) is 0 Å². The van der Waals surface area contributed by atoms with Crippen LogP contribution in [-0.4, -0.2) is 20.1 Å². The number of nitrogens with one attached hydrogen (secondary N) is 1. The Morgan fingerprint density at radius 2 is 2.05 bits per heavy atom. The molecule has 0 aliphatic heterocycles. The number of nitrogens with zero attached hydrogens (tertiary/aromatic N) is 4. The summed E-state index contributed by atoms with van der Waals surface area (Å²) < 4.78 is 42.1. The van der Waals surface area contributed by atoms with E-state index < -0.39 is 12.0 Å². The molecule has 2 heterocycles. The fourth-order valence-electron chi connectivity index (χ4n) is 1.27. The lowest BCUT2D eigenvalue weighted by molar-refractivity contribution is -0.144. The zero-order valence-corrected chi connectivity index (χ0v) is 9.69. The molecule has 0 saturated heterocycles. The third-order valence-corrected chi connectivity index (χ3v) is 2.00. The molecule has 0 spiro atoms. The number of rotatable bonds is 3. The number of hydrogen-bond acceptors (Lipinski definition) is 7. The van der Waals surface area contributed by atoms with Gasteiger partial charge in [0.15, 0.2) is 5.82 Å². The molecule has 10 heteroatoms. The number of nitrogen functional groups attached to an aromatic ring is 1. The van der Waals surface area contributed by atoms with Gasteiger partial charge >= 0.3 is 6.18 Å². The van der Waals surface area contributed by atoms with Crippen LogP contribution in [0.3, 0.4) is 0 Å². The van der Waals surface area contributed by atoms with Crippen molar-refractivity contribution in [3.8, 4) is 0 Å². The minimum Gasteiger partial charge on any atom is -0.384 e. The van der Waals surface area contributed by atoms with E-state index in [9.17, 15) is 13.2 Å². The Labute approximate surface area is 105 Å². The van der Waals surface area contributed by atoms with Crippen molar-refractivity contribution < 1.29 is 17.7 Å². The summed E-state index contributed by atoms with van der Waals surface area (Å²) in [4.78, 5) is 10.3. The fourth-order valence-corrected chi connectivity index (χ4v) is 1.27. The van der Waals surface area contributed by atoms with Gasteiger partial charge in [-0.1, -0.05) is 5.16 Å². The molecule has 7 nitrogen and oxygen atoms in total. The Balaban J connectivity index is 2.14. The maximum absolute atomic E-state index is 12.5. The van der Waals surface area contributed by atoms with Crippen molar-refractivity contribution in [2.45, 2.75) is 19.6 Å². The molecule has 0 radical (unpaired) electrons. The molecule has 0 amide bonds. The van der Waals surface area contributed by atoms with E-state index in [0.29, 0.717) is 11.7 Å². The van der Waals surface area contributed by atoms with E-state index in [-0.39, 0.29) is 18.2 Å². The number of halogens is 3. The normalized spacial score (nSPS) is 11.6. The lowest BCUT2D eigenvalue weighted by atomic mass is 10.4. The molecule has 0 fully saturated rings. The van der Waals surface area contributed by atoms with Gasteiger partial charge in [-0.15, -0.1) is 0 Å². The smallest absolute Gasteiger partial charge is 0.384 e. The highest BCUT2D eigenvalue weighted by Crippen LogP contribution is 2.27. The van der Waals surface area contributed by atoms with Crippen LogP contribution >= 0.6 is 0 Å². The van der Waals surface area contributed by atoms with Crippen LogP contribution in [0.5, 0.6) is 0 Å². The Hall–Kier alpha value is -2.39. The van der Waals surface area contributed by atoms with Gasteiger partial charge in [0, 0.05) is 13.0 Å². The fraction of sp³-hybridized carbons (Fsp3) is 0.333. The second-order valence-electron chi connectivity index (χ2n) is 3.58. The summed E-state index contributed by atoms with van der Waals surface area (Å²) in [6.07, 6.45) is -4.66. The molecular weight excluding hydrogens is 265 g/mol. The van der Waals surface area contributed by atoms with E-state index >= 15 is 0 Å². The van der Waals surface area contributed by atoms with Crippen molar-refractivity contribution in [2.24, 2.45) is 0 Å². The van der Waals surface area contributed by atoms with Crippen molar-refractivity contribution in [1.82, 2.24) is 20.1 Å². The molecule has 0 atom stereocenters. The van der Waals surface area contributed by atoms with Crippen LogP contribution in [0, 0.1) is 6.92 Å². The Morgan fingerprint density at radius 1 is 1.32 bits per heavy atom. The molecular formula is C9H9F3N6O. The van der Waals surface area contributed by atoms with Gasteiger partial charge in [0.1, 0.15) is 11.6 Å². The van der Waals surface area contributed by atoms with E-state index in [1.165, 1.54) is 6.07 Å². The predicted octanol–water partition coefficient (Wildman–Crippen LogP) is 1.38. The zero-order chi connectivity index (χ0) is 14.0. The largest absolute Gasteiger partial charge is 0.451 e. The van der Waals surface area contributed by atoms with E-state index in [4.69, 9.17) is 10.3 Å². The third kappa shape index (κ3) is 3.30. The van der Waals surface area contributed by atoms with Gasteiger partial charge in [0.2, 0.25) is 11.7 Å². The number of nitrogens with two attached hydrogens (primary N) is 1. The summed E-state index contributed by atoms with van der Waals surface area (Å²) in [7, 11) is 0. The van der Waals surface area contributed by atoms with Crippen LogP contribution in [0.2, 0.25) is 0 Å². The second kappa shape index (κ2) is 4.71. The quantitative estimate of drug-likeness (QED) is 0.871. The van der Waals surface area contributed by atoms with Crippen LogP contribution in [0.25, 0.3) is 0 Å². The number of anilines is 2. The van der Waals surface area contributed by atoms with E-state index in [0.717, 1.165) is 0 Å². The van der Waals surface area contributed by atoms with Gasteiger partial charge in [0.05, 0.1) is 6.54 Å². The molecule has 0 bridgehead atoms. The first-order valence-electron chi connectivity index (χ1n) is 5.09. The average Bonchev–Trinajstić information content (AvgIpc) is 2.71. The number of alkyl halides is 3. The van der Waals surface area contributed by atoms with Gasteiger partial charge in [-0.25, -0.2) is 9.97 Å². The Morgan fingerprint density at radius 3 is 2.63 bits per heavy atom. The third-order valence-electron chi connectivity index (χ3n) is 2.00. The first-order chi connectivity index (χ1) is 8.84. The molecule has 2 aromatic heterocycles. The SMILES string of the molecule is Cc1nc(CNc2cc(N)nc(C(F)(F)F)n2)no1. The lowest BCUT2D eigenvalue weighted by Crippen LogP contribution is -2.14. The summed E-state index contributed by atoms with van der Waals surface area (Å²) in [5.74, 6) is -1.01. The van der Waals surface area contributed by atoms with Crippen LogP contribution < -0.4 is 11.1 Å². The van der Waals surface area contributed by atoms with Crippen molar-refractivity contribution in [3.05, 3.63) is 23.6 Å². The molecule has 2 rings (SSSR count). The summed E-state index contributed by atoms with van der Waals surface area (Å²) in [5, 5.41) is 6.19. The molecule has 19 heavy (non-hydrogen) atoms. The van der Waals surface area contributed by atoms with Crippen molar-refractivity contribution >= 4 is 11.6 Å². The molecule has 0 aliphatic rings. The summed E-state index contributed by atoms with van der Waals surface area (Å²) in [5.41, 5.74) is 5.29. The molecule has 0 unspecified atom stereocenters. The summed E-state index contributed by atoms with van der Waals surface area (Å²) >= 11 is 0. The van der Waals surface area contributed by atoms with Crippen molar-refractivity contribution in [2.75, 3.05) is 11.1 Å². The topological polar surface area (TPSA) is 103 Å². The van der Waals surface area contributed by atoms with E-state index in [2.05, 4.69) is 25.4 Å². The maximum Gasteiger partial charge on any atom is 0.451 e. The summed E-state index contributed by atoms with van der Waals surface area (Å²) in [6.45, 7) is 1.66. The summed E-state index contributed by atoms with van der Waals surface area (Å²) in [6, 6.07) is 1.18. The minimum atomic E-state index is -4.66. The van der Waals surface area contributed by atoms with Gasteiger partial charge in [0.25, 0.3) is 0 Å².